The summed E-state index contributed by atoms with van der Waals surface area (Å²) in [6.45, 7) is 0. The van der Waals surface area contributed by atoms with E-state index in [1.54, 1.807) is 23.2 Å². The highest BCUT2D eigenvalue weighted by molar-refractivity contribution is 8.07. The molecular formula is C14H11F3N4O2S2. The molecule has 1 atom stereocenters. The van der Waals surface area contributed by atoms with Gasteiger partial charge >= 0.3 is 6.18 Å². The first-order valence-corrected chi connectivity index (χ1v) is 8.77. The zero-order chi connectivity index (χ0) is 17.8. The first-order valence-electron chi connectivity index (χ1n) is 7.01. The van der Waals surface area contributed by atoms with E-state index in [2.05, 4.69) is 10.2 Å². The topological polar surface area (TPSA) is 52.4 Å². The molecule has 0 radical (unpaired) electrons. The first-order chi connectivity index (χ1) is 11.9. The predicted molar refractivity (Wildman–Crippen MR) is 87.1 cm³/mol. The fourth-order valence-electron chi connectivity index (χ4n) is 2.64. The van der Waals surface area contributed by atoms with Crippen LogP contribution in [0.3, 0.4) is 0 Å². The fourth-order valence-corrected chi connectivity index (χ4v) is 4.86. The van der Waals surface area contributed by atoms with Crippen molar-refractivity contribution < 1.29 is 22.6 Å². The van der Waals surface area contributed by atoms with Gasteiger partial charge in [-0.05, 0) is 29.5 Å². The number of halogens is 3. The number of aromatic nitrogens is 3. The Hall–Kier alpha value is -2.01. The maximum Gasteiger partial charge on any atom is 0.453 e. The van der Waals surface area contributed by atoms with Crippen LogP contribution in [0.2, 0.25) is 0 Å². The van der Waals surface area contributed by atoms with E-state index in [1.165, 1.54) is 26.0 Å². The molecule has 25 heavy (non-hydrogen) atoms. The number of alkyl halides is 3. The SMILES string of the molecule is COc1ccc(C2SC=C3Sc4nnc(C(F)(F)F)n4N32)cc1OC. The number of hydrogen-bond donors (Lipinski definition) is 0. The number of thioether (sulfide) groups is 2. The van der Waals surface area contributed by atoms with Crippen LogP contribution in [0.5, 0.6) is 11.5 Å². The summed E-state index contributed by atoms with van der Waals surface area (Å²) in [6, 6.07) is 5.29. The highest BCUT2D eigenvalue weighted by Gasteiger charge is 2.47. The van der Waals surface area contributed by atoms with Gasteiger partial charge in [0.15, 0.2) is 11.5 Å². The largest absolute Gasteiger partial charge is 0.493 e. The lowest BCUT2D eigenvalue weighted by Gasteiger charge is -2.26. The maximum atomic E-state index is 13.3. The van der Waals surface area contributed by atoms with Crippen molar-refractivity contribution in [3.8, 4) is 11.5 Å². The lowest BCUT2D eigenvalue weighted by Crippen LogP contribution is -2.33. The van der Waals surface area contributed by atoms with Crippen molar-refractivity contribution in [2.45, 2.75) is 16.7 Å². The zero-order valence-corrected chi connectivity index (χ0v) is 14.6. The van der Waals surface area contributed by atoms with E-state index in [1.807, 2.05) is 5.41 Å². The Kier molecular flexibility index (Phi) is 3.80. The number of hydrogen-bond acceptors (Lipinski definition) is 7. The molecule has 2 aliphatic heterocycles. The minimum Gasteiger partial charge on any atom is -0.493 e. The highest BCUT2D eigenvalue weighted by Crippen LogP contribution is 2.52. The van der Waals surface area contributed by atoms with Crippen molar-refractivity contribution in [3.05, 3.63) is 40.0 Å². The molecule has 2 aromatic rings. The number of fused-ring (bicyclic) bond motifs is 3. The Balaban J connectivity index is 1.76. The molecular weight excluding hydrogens is 377 g/mol. The molecule has 4 rings (SSSR count). The molecule has 2 aliphatic rings. The molecule has 11 heteroatoms. The van der Waals surface area contributed by atoms with Crippen molar-refractivity contribution in [3.63, 3.8) is 0 Å². The number of ether oxygens (including phenoxy) is 2. The molecule has 6 nitrogen and oxygen atoms in total. The molecule has 132 valence electrons. The van der Waals surface area contributed by atoms with Crippen molar-refractivity contribution >= 4 is 23.5 Å². The summed E-state index contributed by atoms with van der Waals surface area (Å²) in [6.07, 6.45) is -4.59. The highest BCUT2D eigenvalue weighted by atomic mass is 32.2. The fraction of sp³-hybridized carbons (Fsp3) is 0.286. The average Bonchev–Trinajstić information content (AvgIpc) is 3.24. The molecule has 0 N–H and O–H groups in total. The van der Waals surface area contributed by atoms with Crippen LogP contribution in [-0.2, 0) is 6.18 Å². The minimum absolute atomic E-state index is 0.198. The van der Waals surface area contributed by atoms with E-state index in [0.29, 0.717) is 16.5 Å². The molecule has 0 saturated heterocycles. The van der Waals surface area contributed by atoms with Crippen LogP contribution in [0.4, 0.5) is 13.2 Å². The van der Waals surface area contributed by atoms with Crippen LogP contribution >= 0.6 is 23.5 Å². The molecule has 0 bridgehead atoms. The van der Waals surface area contributed by atoms with E-state index in [9.17, 15) is 13.2 Å². The van der Waals surface area contributed by atoms with Crippen molar-refractivity contribution in [2.75, 3.05) is 19.2 Å². The Morgan fingerprint density at radius 1 is 1.12 bits per heavy atom. The maximum absolute atomic E-state index is 13.3. The number of rotatable bonds is 3. The molecule has 0 spiro atoms. The predicted octanol–water partition coefficient (Wildman–Crippen LogP) is 3.60. The van der Waals surface area contributed by atoms with Gasteiger partial charge in [-0.1, -0.05) is 17.8 Å². The molecule has 0 amide bonds. The second-order valence-corrected chi connectivity index (χ2v) is 7.06. The van der Waals surface area contributed by atoms with E-state index in [4.69, 9.17) is 9.47 Å². The van der Waals surface area contributed by atoms with Crippen LogP contribution in [0, 0.1) is 0 Å². The lowest BCUT2D eigenvalue weighted by molar-refractivity contribution is -0.147. The first kappa shape index (κ1) is 16.5. The van der Waals surface area contributed by atoms with Gasteiger partial charge in [0.25, 0.3) is 5.82 Å². The summed E-state index contributed by atoms with van der Waals surface area (Å²) >= 11 is 2.57. The van der Waals surface area contributed by atoms with Crippen molar-refractivity contribution in [1.82, 2.24) is 14.9 Å². The Morgan fingerprint density at radius 2 is 1.88 bits per heavy atom. The van der Waals surface area contributed by atoms with E-state index < -0.39 is 12.0 Å². The van der Waals surface area contributed by atoms with E-state index in [0.717, 1.165) is 22.0 Å². The van der Waals surface area contributed by atoms with Gasteiger partial charge in [-0.3, -0.25) is 5.01 Å². The van der Waals surface area contributed by atoms with Crippen LogP contribution in [0.1, 0.15) is 16.8 Å². The Labute approximate surface area is 149 Å². The molecule has 1 aromatic heterocycles. The van der Waals surface area contributed by atoms with E-state index in [-0.39, 0.29) is 10.5 Å². The summed E-state index contributed by atoms with van der Waals surface area (Å²) in [5.74, 6) is 0.0338. The number of nitrogens with zero attached hydrogens (tertiary/aromatic N) is 4. The Morgan fingerprint density at radius 3 is 2.56 bits per heavy atom. The minimum atomic E-state index is -4.59. The summed E-state index contributed by atoms with van der Waals surface area (Å²) in [7, 11) is 3.04. The van der Waals surface area contributed by atoms with Gasteiger partial charge in [0, 0.05) is 5.41 Å². The normalized spacial score (nSPS) is 18.8. The van der Waals surface area contributed by atoms with Gasteiger partial charge in [0.1, 0.15) is 10.4 Å². The van der Waals surface area contributed by atoms with Gasteiger partial charge in [-0.15, -0.1) is 10.2 Å². The van der Waals surface area contributed by atoms with Crippen molar-refractivity contribution in [1.29, 1.82) is 0 Å². The van der Waals surface area contributed by atoms with Crippen LogP contribution in [-0.4, -0.2) is 29.1 Å². The number of benzene rings is 1. The molecule has 0 aliphatic carbocycles. The van der Waals surface area contributed by atoms with Gasteiger partial charge < -0.3 is 9.47 Å². The average molecular weight is 388 g/mol. The summed E-state index contributed by atoms with van der Waals surface area (Å²) in [5, 5.41) is 10.8. The molecule has 3 heterocycles. The summed E-state index contributed by atoms with van der Waals surface area (Å²) in [4.78, 5) is 0. The summed E-state index contributed by atoms with van der Waals surface area (Å²) < 4.78 is 51.3. The zero-order valence-electron chi connectivity index (χ0n) is 12.9. The van der Waals surface area contributed by atoms with Crippen LogP contribution in [0.15, 0.2) is 33.8 Å². The second-order valence-electron chi connectivity index (χ2n) is 5.12. The second kappa shape index (κ2) is 5.77. The molecule has 1 unspecified atom stereocenters. The third-order valence-corrected chi connectivity index (χ3v) is 5.90. The van der Waals surface area contributed by atoms with Gasteiger partial charge in [-0.2, -0.15) is 13.2 Å². The third kappa shape index (κ3) is 2.53. The number of methoxy groups -OCH3 is 2. The Bertz CT molecular complexity index is 868. The summed E-state index contributed by atoms with van der Waals surface area (Å²) in [5.41, 5.74) is 0.782. The smallest absolute Gasteiger partial charge is 0.453 e. The van der Waals surface area contributed by atoms with Crippen molar-refractivity contribution in [2.24, 2.45) is 0 Å². The van der Waals surface area contributed by atoms with Crippen LogP contribution < -0.4 is 14.5 Å². The molecule has 1 aromatic carbocycles. The molecule has 0 saturated carbocycles. The van der Waals surface area contributed by atoms with Crippen LogP contribution in [0.25, 0.3) is 0 Å². The molecule has 0 fully saturated rings. The third-order valence-electron chi connectivity index (χ3n) is 3.72. The monoisotopic (exact) mass is 388 g/mol. The standard InChI is InChI=1S/C14H11F3N4O2S2/c1-22-8-4-3-7(5-9(8)23-2)11-20-10(6-24-11)25-13-19-18-12(21(13)20)14(15,16)17/h3-6,11H,1-2H3. The van der Waals surface area contributed by atoms with Gasteiger partial charge in [0.2, 0.25) is 5.16 Å². The van der Waals surface area contributed by atoms with Gasteiger partial charge in [0.05, 0.1) is 14.2 Å². The van der Waals surface area contributed by atoms with E-state index >= 15 is 0 Å². The lowest BCUT2D eigenvalue weighted by atomic mass is 10.2. The van der Waals surface area contributed by atoms with Gasteiger partial charge in [-0.25, -0.2) is 4.68 Å². The quantitative estimate of drug-likeness (QED) is 0.796.